The Hall–Kier alpha value is -2.34. The van der Waals surface area contributed by atoms with Crippen molar-refractivity contribution in [2.75, 3.05) is 10.0 Å². The Morgan fingerprint density at radius 3 is 2.30 bits per heavy atom. The molecule has 0 bridgehead atoms. The van der Waals surface area contributed by atoms with Gasteiger partial charge in [-0.25, -0.2) is 8.42 Å². The first-order chi connectivity index (χ1) is 10.9. The van der Waals surface area contributed by atoms with E-state index in [1.54, 1.807) is 36.4 Å². The minimum Gasteiger partial charge on any atom is -0.326 e. The molecule has 0 aliphatic carbocycles. The Kier molecular flexibility index (Phi) is 5.39. The zero-order valence-electron chi connectivity index (χ0n) is 13.2. The van der Waals surface area contributed by atoms with Crippen molar-refractivity contribution in [3.05, 3.63) is 54.1 Å². The lowest BCUT2D eigenvalue weighted by molar-refractivity contribution is -0.114. The number of benzene rings is 2. The maximum Gasteiger partial charge on any atom is 0.261 e. The highest BCUT2D eigenvalue weighted by atomic mass is 32.2. The van der Waals surface area contributed by atoms with Gasteiger partial charge in [0.2, 0.25) is 5.91 Å². The van der Waals surface area contributed by atoms with Crippen LogP contribution < -0.4 is 10.0 Å². The van der Waals surface area contributed by atoms with Crippen molar-refractivity contribution in [2.45, 2.75) is 31.6 Å². The van der Waals surface area contributed by atoms with Gasteiger partial charge in [0.15, 0.2) is 0 Å². The van der Waals surface area contributed by atoms with Gasteiger partial charge in [-0.2, -0.15) is 0 Å². The molecule has 2 rings (SSSR count). The Labute approximate surface area is 136 Å². The van der Waals surface area contributed by atoms with E-state index in [2.05, 4.69) is 17.0 Å². The first kappa shape index (κ1) is 17.0. The SMILES string of the molecule is CCCc1ccc(S(=O)(=O)Nc2cccc(NC(C)=O)c2)cc1. The monoisotopic (exact) mass is 332 g/mol. The molecule has 0 fully saturated rings. The minimum absolute atomic E-state index is 0.210. The summed E-state index contributed by atoms with van der Waals surface area (Å²) in [7, 11) is -3.65. The van der Waals surface area contributed by atoms with Crippen molar-refractivity contribution in [3.8, 4) is 0 Å². The molecular weight excluding hydrogens is 312 g/mol. The lowest BCUT2D eigenvalue weighted by Crippen LogP contribution is -2.13. The third-order valence-corrected chi connectivity index (χ3v) is 4.60. The van der Waals surface area contributed by atoms with Gasteiger partial charge in [0, 0.05) is 12.6 Å². The summed E-state index contributed by atoms with van der Waals surface area (Å²) < 4.78 is 27.3. The molecule has 0 atom stereocenters. The van der Waals surface area contributed by atoms with Gasteiger partial charge >= 0.3 is 0 Å². The van der Waals surface area contributed by atoms with Gasteiger partial charge in [0.1, 0.15) is 0 Å². The Morgan fingerprint density at radius 2 is 1.70 bits per heavy atom. The average molecular weight is 332 g/mol. The van der Waals surface area contributed by atoms with Crippen LogP contribution in [0.25, 0.3) is 0 Å². The number of rotatable bonds is 6. The standard InChI is InChI=1S/C17H20N2O3S/c1-3-5-14-8-10-17(11-9-14)23(21,22)19-16-7-4-6-15(12-16)18-13(2)20/h4,6-12,19H,3,5H2,1-2H3,(H,18,20). The second-order valence-corrected chi connectivity index (χ2v) is 6.94. The molecule has 23 heavy (non-hydrogen) atoms. The number of amides is 1. The molecule has 1 amide bonds. The Morgan fingerprint density at radius 1 is 1.04 bits per heavy atom. The number of carbonyl (C=O) groups is 1. The molecule has 0 aliphatic rings. The van der Waals surface area contributed by atoms with E-state index in [1.807, 2.05) is 12.1 Å². The number of anilines is 2. The predicted molar refractivity (Wildman–Crippen MR) is 92.0 cm³/mol. The number of carbonyl (C=O) groups excluding carboxylic acids is 1. The summed E-state index contributed by atoms with van der Waals surface area (Å²) >= 11 is 0. The fraction of sp³-hybridized carbons (Fsp3) is 0.235. The summed E-state index contributed by atoms with van der Waals surface area (Å²) in [5.74, 6) is -0.212. The number of hydrogen-bond donors (Lipinski definition) is 2. The summed E-state index contributed by atoms with van der Waals surface area (Å²) in [6, 6.07) is 13.4. The molecule has 0 unspecified atom stereocenters. The van der Waals surface area contributed by atoms with E-state index in [0.29, 0.717) is 11.4 Å². The molecular formula is C17H20N2O3S. The number of nitrogens with one attached hydrogen (secondary N) is 2. The molecule has 0 aromatic heterocycles. The van der Waals surface area contributed by atoms with E-state index in [0.717, 1.165) is 18.4 Å². The van der Waals surface area contributed by atoms with E-state index in [4.69, 9.17) is 0 Å². The lowest BCUT2D eigenvalue weighted by atomic mass is 10.1. The van der Waals surface area contributed by atoms with Crippen LogP contribution in [0.15, 0.2) is 53.4 Å². The van der Waals surface area contributed by atoms with E-state index in [1.165, 1.54) is 6.92 Å². The van der Waals surface area contributed by atoms with Gasteiger partial charge in [0.05, 0.1) is 10.6 Å². The molecule has 0 saturated carbocycles. The van der Waals surface area contributed by atoms with Crippen molar-refractivity contribution in [3.63, 3.8) is 0 Å². The molecule has 2 aromatic carbocycles. The minimum atomic E-state index is -3.65. The van der Waals surface area contributed by atoms with Crippen LogP contribution in [0.5, 0.6) is 0 Å². The van der Waals surface area contributed by atoms with Crippen molar-refractivity contribution in [2.24, 2.45) is 0 Å². The highest BCUT2D eigenvalue weighted by Gasteiger charge is 2.14. The highest BCUT2D eigenvalue weighted by molar-refractivity contribution is 7.92. The van der Waals surface area contributed by atoms with Crippen molar-refractivity contribution >= 4 is 27.3 Å². The molecule has 122 valence electrons. The third kappa shape index (κ3) is 4.82. The Balaban J connectivity index is 2.19. The van der Waals surface area contributed by atoms with Crippen molar-refractivity contribution in [1.29, 1.82) is 0 Å². The van der Waals surface area contributed by atoms with E-state index >= 15 is 0 Å². The zero-order valence-corrected chi connectivity index (χ0v) is 14.0. The van der Waals surface area contributed by atoms with Crippen LogP contribution in [-0.4, -0.2) is 14.3 Å². The van der Waals surface area contributed by atoms with E-state index in [-0.39, 0.29) is 10.8 Å². The average Bonchev–Trinajstić information content (AvgIpc) is 2.47. The summed E-state index contributed by atoms with van der Waals surface area (Å²) in [4.78, 5) is 11.3. The first-order valence-corrected chi connectivity index (χ1v) is 8.88. The molecule has 0 aliphatic heterocycles. The predicted octanol–water partition coefficient (Wildman–Crippen LogP) is 3.40. The quantitative estimate of drug-likeness (QED) is 0.851. The van der Waals surface area contributed by atoms with Crippen molar-refractivity contribution in [1.82, 2.24) is 0 Å². The summed E-state index contributed by atoms with van der Waals surface area (Å²) in [5.41, 5.74) is 2.05. The lowest BCUT2D eigenvalue weighted by Gasteiger charge is -2.10. The van der Waals surface area contributed by atoms with Gasteiger partial charge in [-0.15, -0.1) is 0 Å². The van der Waals surface area contributed by atoms with Gasteiger partial charge < -0.3 is 5.32 Å². The van der Waals surface area contributed by atoms with Crippen LogP contribution in [0.1, 0.15) is 25.8 Å². The maximum atomic E-state index is 12.4. The topological polar surface area (TPSA) is 75.3 Å². The number of sulfonamides is 1. The molecule has 2 aromatic rings. The van der Waals surface area contributed by atoms with E-state index < -0.39 is 10.0 Å². The van der Waals surface area contributed by atoms with Crippen LogP contribution in [0.4, 0.5) is 11.4 Å². The molecule has 6 heteroatoms. The van der Waals surface area contributed by atoms with Crippen LogP contribution in [0.3, 0.4) is 0 Å². The van der Waals surface area contributed by atoms with Gasteiger partial charge in [-0.05, 0) is 42.3 Å². The smallest absolute Gasteiger partial charge is 0.261 e. The normalized spacial score (nSPS) is 11.0. The zero-order chi connectivity index (χ0) is 16.9. The molecule has 0 saturated heterocycles. The van der Waals surface area contributed by atoms with Gasteiger partial charge in [-0.1, -0.05) is 31.5 Å². The number of hydrogen-bond acceptors (Lipinski definition) is 3. The van der Waals surface area contributed by atoms with Gasteiger partial charge in [0.25, 0.3) is 10.0 Å². The summed E-state index contributed by atoms with van der Waals surface area (Å²) in [6.45, 7) is 3.48. The summed E-state index contributed by atoms with van der Waals surface area (Å²) in [5, 5.41) is 2.62. The first-order valence-electron chi connectivity index (χ1n) is 7.40. The molecule has 5 nitrogen and oxygen atoms in total. The molecule has 2 N–H and O–H groups in total. The van der Waals surface area contributed by atoms with E-state index in [9.17, 15) is 13.2 Å². The highest BCUT2D eigenvalue weighted by Crippen LogP contribution is 2.20. The molecule has 0 radical (unpaired) electrons. The summed E-state index contributed by atoms with van der Waals surface area (Å²) in [6.07, 6.45) is 1.94. The fourth-order valence-corrected chi connectivity index (χ4v) is 3.25. The van der Waals surface area contributed by atoms with Crippen LogP contribution in [0.2, 0.25) is 0 Å². The Bertz CT molecular complexity index is 784. The molecule has 0 spiro atoms. The largest absolute Gasteiger partial charge is 0.326 e. The van der Waals surface area contributed by atoms with Crippen LogP contribution in [-0.2, 0) is 21.2 Å². The van der Waals surface area contributed by atoms with Crippen molar-refractivity contribution < 1.29 is 13.2 Å². The van der Waals surface area contributed by atoms with Gasteiger partial charge in [-0.3, -0.25) is 9.52 Å². The third-order valence-electron chi connectivity index (χ3n) is 3.21. The second kappa shape index (κ2) is 7.28. The van der Waals surface area contributed by atoms with Crippen LogP contribution in [0, 0.1) is 0 Å². The molecule has 0 heterocycles. The number of aryl methyl sites for hydroxylation is 1. The second-order valence-electron chi connectivity index (χ2n) is 5.26. The van der Waals surface area contributed by atoms with Crippen LogP contribution >= 0.6 is 0 Å². The fourth-order valence-electron chi connectivity index (χ4n) is 2.20. The maximum absolute atomic E-state index is 12.4.